The standard InChI is InChI=1S/C18H19BrFNO3S/c1-24-14-3-2-12(10-13(14)20)17(15-4-5-16(19)25-15)21-8-6-11(7-9-21)18(22)23/h2-5,10-11,17H,6-9H2,1H3,(H,22,23). The molecule has 1 unspecified atom stereocenters. The Hall–Kier alpha value is -1.44. The third-order valence-corrected chi connectivity index (χ3v) is 6.28. The van der Waals surface area contributed by atoms with E-state index in [9.17, 15) is 14.3 Å². The van der Waals surface area contributed by atoms with Gasteiger partial charge in [0.2, 0.25) is 0 Å². The molecule has 1 atom stereocenters. The number of halogens is 2. The van der Waals surface area contributed by atoms with Crippen molar-refractivity contribution in [2.45, 2.75) is 18.9 Å². The minimum atomic E-state index is -0.731. The number of likely N-dealkylation sites (tertiary alicyclic amines) is 1. The van der Waals surface area contributed by atoms with Crippen LogP contribution in [-0.4, -0.2) is 36.2 Å². The van der Waals surface area contributed by atoms with Crippen molar-refractivity contribution in [2.75, 3.05) is 20.2 Å². The fourth-order valence-corrected chi connectivity index (χ4v) is 4.87. The summed E-state index contributed by atoms with van der Waals surface area (Å²) in [6.45, 7) is 1.34. The lowest BCUT2D eigenvalue weighted by Gasteiger charge is -2.36. The average molecular weight is 428 g/mol. The van der Waals surface area contributed by atoms with Crippen molar-refractivity contribution in [1.82, 2.24) is 4.90 Å². The lowest BCUT2D eigenvalue weighted by molar-refractivity contribution is -0.143. The summed E-state index contributed by atoms with van der Waals surface area (Å²) >= 11 is 5.10. The second-order valence-electron chi connectivity index (χ2n) is 6.09. The number of thiophene rings is 1. The number of benzene rings is 1. The second kappa shape index (κ2) is 7.85. The van der Waals surface area contributed by atoms with Gasteiger partial charge in [-0.05, 0) is 71.7 Å². The Morgan fingerprint density at radius 2 is 2.08 bits per heavy atom. The fourth-order valence-electron chi connectivity index (χ4n) is 3.29. The molecule has 3 rings (SSSR count). The van der Waals surface area contributed by atoms with E-state index in [0.29, 0.717) is 25.9 Å². The summed E-state index contributed by atoms with van der Waals surface area (Å²) in [7, 11) is 1.45. The van der Waals surface area contributed by atoms with E-state index in [4.69, 9.17) is 4.74 Å². The summed E-state index contributed by atoms with van der Waals surface area (Å²) in [6, 6.07) is 8.96. The van der Waals surface area contributed by atoms with Crippen molar-refractivity contribution in [3.8, 4) is 5.75 Å². The zero-order valence-electron chi connectivity index (χ0n) is 13.7. The van der Waals surface area contributed by atoms with Crippen LogP contribution in [0.3, 0.4) is 0 Å². The van der Waals surface area contributed by atoms with E-state index >= 15 is 0 Å². The van der Waals surface area contributed by atoms with Gasteiger partial charge in [-0.15, -0.1) is 11.3 Å². The van der Waals surface area contributed by atoms with E-state index in [1.807, 2.05) is 18.2 Å². The molecular weight excluding hydrogens is 409 g/mol. The Balaban J connectivity index is 1.91. The zero-order valence-corrected chi connectivity index (χ0v) is 16.1. The van der Waals surface area contributed by atoms with Gasteiger partial charge < -0.3 is 9.84 Å². The summed E-state index contributed by atoms with van der Waals surface area (Å²) in [6.07, 6.45) is 1.22. The van der Waals surface area contributed by atoms with E-state index in [0.717, 1.165) is 14.2 Å². The maximum atomic E-state index is 14.2. The molecule has 1 aromatic heterocycles. The molecule has 134 valence electrons. The Morgan fingerprint density at radius 1 is 1.36 bits per heavy atom. The molecule has 25 heavy (non-hydrogen) atoms. The molecule has 0 saturated carbocycles. The highest BCUT2D eigenvalue weighted by Crippen LogP contribution is 2.38. The molecule has 0 bridgehead atoms. The number of rotatable bonds is 5. The number of carbonyl (C=O) groups is 1. The van der Waals surface area contributed by atoms with Crippen LogP contribution < -0.4 is 4.74 Å². The predicted octanol–water partition coefficient (Wildman–Crippen LogP) is 4.54. The number of carboxylic acid groups (broad SMARTS) is 1. The van der Waals surface area contributed by atoms with Gasteiger partial charge >= 0.3 is 5.97 Å². The number of carboxylic acids is 1. The van der Waals surface area contributed by atoms with Gasteiger partial charge in [-0.2, -0.15) is 0 Å². The van der Waals surface area contributed by atoms with E-state index in [1.165, 1.54) is 13.2 Å². The first kappa shape index (κ1) is 18.4. The molecular formula is C18H19BrFNO3S. The number of nitrogens with zero attached hydrogens (tertiary/aromatic N) is 1. The van der Waals surface area contributed by atoms with Crippen molar-refractivity contribution in [3.63, 3.8) is 0 Å². The number of piperidine rings is 1. The van der Waals surface area contributed by atoms with Crippen LogP contribution in [0, 0.1) is 11.7 Å². The molecule has 1 aliphatic rings. The van der Waals surface area contributed by atoms with Crippen LogP contribution in [0.2, 0.25) is 0 Å². The molecule has 1 fully saturated rings. The smallest absolute Gasteiger partial charge is 0.306 e. The molecule has 4 nitrogen and oxygen atoms in total. The Labute approximate surface area is 158 Å². The van der Waals surface area contributed by atoms with E-state index in [1.54, 1.807) is 17.4 Å². The number of hydrogen-bond acceptors (Lipinski definition) is 4. The van der Waals surface area contributed by atoms with Gasteiger partial charge in [-0.25, -0.2) is 4.39 Å². The van der Waals surface area contributed by atoms with E-state index in [2.05, 4.69) is 20.8 Å². The minimum absolute atomic E-state index is 0.0912. The Kier molecular flexibility index (Phi) is 5.76. The topological polar surface area (TPSA) is 49.8 Å². The molecule has 2 aromatic rings. The summed E-state index contributed by atoms with van der Waals surface area (Å²) in [5.41, 5.74) is 0.849. The van der Waals surface area contributed by atoms with Gasteiger partial charge in [0.1, 0.15) is 0 Å². The lowest BCUT2D eigenvalue weighted by Crippen LogP contribution is -2.39. The SMILES string of the molecule is COc1ccc(C(c2ccc(Br)s2)N2CCC(C(=O)O)CC2)cc1F. The van der Waals surface area contributed by atoms with Crippen LogP contribution in [0.15, 0.2) is 34.1 Å². The van der Waals surface area contributed by atoms with Gasteiger partial charge in [0.05, 0.1) is 22.9 Å². The van der Waals surface area contributed by atoms with E-state index < -0.39 is 5.97 Å². The number of aliphatic carboxylic acids is 1. The molecule has 1 aliphatic heterocycles. The average Bonchev–Trinajstić information content (AvgIpc) is 3.02. The predicted molar refractivity (Wildman–Crippen MR) is 98.7 cm³/mol. The quantitative estimate of drug-likeness (QED) is 0.760. The second-order valence-corrected chi connectivity index (χ2v) is 8.58. The van der Waals surface area contributed by atoms with Gasteiger partial charge in [-0.3, -0.25) is 9.69 Å². The Morgan fingerprint density at radius 3 is 2.60 bits per heavy atom. The van der Waals surface area contributed by atoms with Gasteiger partial charge in [0.25, 0.3) is 0 Å². The van der Waals surface area contributed by atoms with Crippen molar-refractivity contribution in [3.05, 3.63) is 50.4 Å². The molecule has 0 spiro atoms. The van der Waals surface area contributed by atoms with Crippen molar-refractivity contribution in [1.29, 1.82) is 0 Å². The van der Waals surface area contributed by atoms with Crippen LogP contribution in [0.4, 0.5) is 4.39 Å². The first-order valence-corrected chi connectivity index (χ1v) is 9.66. The Bertz CT molecular complexity index is 759. The maximum Gasteiger partial charge on any atom is 0.306 e. The molecule has 0 aliphatic carbocycles. The molecule has 2 heterocycles. The molecule has 7 heteroatoms. The van der Waals surface area contributed by atoms with Crippen LogP contribution >= 0.6 is 27.3 Å². The van der Waals surface area contributed by atoms with Crippen molar-refractivity contribution in [2.24, 2.45) is 5.92 Å². The monoisotopic (exact) mass is 427 g/mol. The highest BCUT2D eigenvalue weighted by atomic mass is 79.9. The third-order valence-electron chi connectivity index (χ3n) is 4.60. The van der Waals surface area contributed by atoms with Crippen LogP contribution in [-0.2, 0) is 4.79 Å². The summed E-state index contributed by atoms with van der Waals surface area (Å²) < 4.78 is 20.3. The van der Waals surface area contributed by atoms with Gasteiger partial charge in [0, 0.05) is 4.88 Å². The van der Waals surface area contributed by atoms with Crippen LogP contribution in [0.1, 0.15) is 29.3 Å². The first-order chi connectivity index (χ1) is 12.0. The summed E-state index contributed by atoms with van der Waals surface area (Å²) in [5, 5.41) is 9.21. The molecule has 1 aromatic carbocycles. The minimum Gasteiger partial charge on any atom is -0.494 e. The van der Waals surface area contributed by atoms with Crippen LogP contribution in [0.25, 0.3) is 0 Å². The van der Waals surface area contributed by atoms with E-state index in [-0.39, 0.29) is 23.5 Å². The first-order valence-electron chi connectivity index (χ1n) is 8.05. The summed E-state index contributed by atoms with van der Waals surface area (Å²) in [5.74, 6) is -1.19. The van der Waals surface area contributed by atoms with Crippen molar-refractivity contribution >= 4 is 33.2 Å². The highest BCUT2D eigenvalue weighted by Gasteiger charge is 2.31. The lowest BCUT2D eigenvalue weighted by atomic mass is 9.93. The number of methoxy groups -OCH3 is 1. The molecule has 1 saturated heterocycles. The number of ether oxygens (including phenoxy) is 1. The molecule has 0 amide bonds. The number of hydrogen-bond donors (Lipinski definition) is 1. The van der Waals surface area contributed by atoms with Gasteiger partial charge in [0.15, 0.2) is 11.6 Å². The zero-order chi connectivity index (χ0) is 18.0. The van der Waals surface area contributed by atoms with Gasteiger partial charge in [-0.1, -0.05) is 6.07 Å². The molecule has 1 N–H and O–H groups in total. The summed E-state index contributed by atoms with van der Waals surface area (Å²) in [4.78, 5) is 14.5. The highest BCUT2D eigenvalue weighted by molar-refractivity contribution is 9.11. The van der Waals surface area contributed by atoms with Crippen molar-refractivity contribution < 1.29 is 19.0 Å². The fraction of sp³-hybridized carbons (Fsp3) is 0.389. The normalized spacial score (nSPS) is 17.4. The largest absolute Gasteiger partial charge is 0.494 e. The van der Waals surface area contributed by atoms with Crippen LogP contribution in [0.5, 0.6) is 5.75 Å². The maximum absolute atomic E-state index is 14.2. The molecule has 0 radical (unpaired) electrons. The third kappa shape index (κ3) is 4.04.